The summed E-state index contributed by atoms with van der Waals surface area (Å²) in [5, 5.41) is 3.18. The highest BCUT2D eigenvalue weighted by atomic mass is 19.4. The van der Waals surface area contributed by atoms with E-state index >= 15 is 0 Å². The average molecular weight is 299 g/mol. The van der Waals surface area contributed by atoms with Gasteiger partial charge in [0, 0.05) is 24.6 Å². The van der Waals surface area contributed by atoms with E-state index in [0.29, 0.717) is 17.6 Å². The molecule has 1 N–H and O–H groups in total. The monoisotopic (exact) mass is 299 g/mol. The Kier molecular flexibility index (Phi) is 4.40. The van der Waals surface area contributed by atoms with Crippen LogP contribution in [0.5, 0.6) is 5.75 Å². The standard InChI is InChI=1S/C14H16F3N3O/c1-10(2)9-19-13-18-7-8-20(13)11-3-5-12(6-4-11)21-14(15,16)17/h3-8,10H,9H2,1-2H3,(H,18,19). The molecule has 0 fully saturated rings. The van der Waals surface area contributed by atoms with E-state index < -0.39 is 6.36 Å². The van der Waals surface area contributed by atoms with Gasteiger partial charge in [0.1, 0.15) is 5.75 Å². The number of hydrogen-bond acceptors (Lipinski definition) is 3. The number of nitrogens with zero attached hydrogens (tertiary/aromatic N) is 2. The van der Waals surface area contributed by atoms with Crippen molar-refractivity contribution in [2.75, 3.05) is 11.9 Å². The van der Waals surface area contributed by atoms with Crippen LogP contribution in [0.15, 0.2) is 36.7 Å². The van der Waals surface area contributed by atoms with Gasteiger partial charge in [-0.1, -0.05) is 13.8 Å². The van der Waals surface area contributed by atoms with Crippen molar-refractivity contribution in [2.45, 2.75) is 20.2 Å². The van der Waals surface area contributed by atoms with E-state index in [9.17, 15) is 13.2 Å². The first-order valence-electron chi connectivity index (χ1n) is 6.48. The topological polar surface area (TPSA) is 39.1 Å². The predicted octanol–water partition coefficient (Wildman–Crippen LogP) is 3.84. The molecule has 0 radical (unpaired) electrons. The van der Waals surface area contributed by atoms with Crippen LogP contribution in [0.1, 0.15) is 13.8 Å². The van der Waals surface area contributed by atoms with Gasteiger partial charge in [-0.15, -0.1) is 13.2 Å². The maximum atomic E-state index is 12.1. The van der Waals surface area contributed by atoms with Crippen LogP contribution in [0.2, 0.25) is 0 Å². The second-order valence-electron chi connectivity index (χ2n) is 4.94. The van der Waals surface area contributed by atoms with Crippen LogP contribution in [0.25, 0.3) is 5.69 Å². The van der Waals surface area contributed by atoms with Gasteiger partial charge in [0.15, 0.2) is 0 Å². The molecule has 2 rings (SSSR count). The normalized spacial score (nSPS) is 11.7. The molecule has 0 unspecified atom stereocenters. The van der Waals surface area contributed by atoms with Crippen LogP contribution in [0, 0.1) is 5.92 Å². The Morgan fingerprint density at radius 2 is 1.90 bits per heavy atom. The summed E-state index contributed by atoms with van der Waals surface area (Å²) in [7, 11) is 0. The molecule has 114 valence electrons. The molecule has 0 saturated carbocycles. The number of halogens is 3. The van der Waals surface area contributed by atoms with Crippen LogP contribution < -0.4 is 10.1 Å². The smallest absolute Gasteiger partial charge is 0.406 e. The highest BCUT2D eigenvalue weighted by Crippen LogP contribution is 2.24. The van der Waals surface area contributed by atoms with Crippen LogP contribution in [-0.4, -0.2) is 22.5 Å². The summed E-state index contributed by atoms with van der Waals surface area (Å²) >= 11 is 0. The number of alkyl halides is 3. The molecule has 4 nitrogen and oxygen atoms in total. The highest BCUT2D eigenvalue weighted by Gasteiger charge is 2.30. The summed E-state index contributed by atoms with van der Waals surface area (Å²) < 4.78 is 41.9. The molecular formula is C14H16F3N3O. The Morgan fingerprint density at radius 1 is 1.24 bits per heavy atom. The van der Waals surface area contributed by atoms with Crippen LogP contribution >= 0.6 is 0 Å². The van der Waals surface area contributed by atoms with Crippen LogP contribution in [0.3, 0.4) is 0 Å². The highest BCUT2D eigenvalue weighted by molar-refractivity contribution is 5.44. The number of aromatic nitrogens is 2. The summed E-state index contributed by atoms with van der Waals surface area (Å²) in [6.07, 6.45) is -1.31. The lowest BCUT2D eigenvalue weighted by atomic mass is 10.2. The van der Waals surface area contributed by atoms with Crippen molar-refractivity contribution in [1.82, 2.24) is 9.55 Å². The van der Waals surface area contributed by atoms with Gasteiger partial charge in [-0.2, -0.15) is 0 Å². The van der Waals surface area contributed by atoms with Crippen molar-refractivity contribution >= 4 is 5.95 Å². The third-order valence-corrected chi connectivity index (χ3v) is 2.66. The van der Waals surface area contributed by atoms with Crippen molar-refractivity contribution < 1.29 is 17.9 Å². The molecule has 0 aliphatic carbocycles. The Balaban J connectivity index is 2.14. The van der Waals surface area contributed by atoms with Crippen molar-refractivity contribution in [2.24, 2.45) is 5.92 Å². The van der Waals surface area contributed by atoms with Crippen molar-refractivity contribution in [3.63, 3.8) is 0 Å². The molecule has 0 spiro atoms. The number of hydrogen-bond donors (Lipinski definition) is 1. The third-order valence-electron chi connectivity index (χ3n) is 2.66. The molecule has 2 aromatic rings. The summed E-state index contributed by atoms with van der Waals surface area (Å²) in [4.78, 5) is 4.19. The van der Waals surface area contributed by atoms with E-state index in [1.807, 2.05) is 0 Å². The molecule has 0 aliphatic rings. The fraction of sp³-hybridized carbons (Fsp3) is 0.357. The van der Waals surface area contributed by atoms with Gasteiger partial charge in [0.05, 0.1) is 0 Å². The maximum absolute atomic E-state index is 12.1. The fourth-order valence-electron chi connectivity index (χ4n) is 1.75. The number of anilines is 1. The summed E-state index contributed by atoms with van der Waals surface area (Å²) in [6.45, 7) is 4.90. The Hall–Kier alpha value is -2.18. The minimum Gasteiger partial charge on any atom is -0.406 e. The van der Waals surface area contributed by atoms with Gasteiger partial charge >= 0.3 is 6.36 Å². The van der Waals surface area contributed by atoms with Crippen molar-refractivity contribution in [1.29, 1.82) is 0 Å². The van der Waals surface area contributed by atoms with Crippen LogP contribution in [0.4, 0.5) is 19.1 Å². The van der Waals surface area contributed by atoms with Crippen molar-refractivity contribution in [3.8, 4) is 11.4 Å². The molecule has 1 heterocycles. The van der Waals surface area contributed by atoms with E-state index in [1.165, 1.54) is 12.1 Å². The summed E-state index contributed by atoms with van der Waals surface area (Å²) in [5.41, 5.74) is 0.702. The predicted molar refractivity (Wildman–Crippen MR) is 73.6 cm³/mol. The molecular weight excluding hydrogens is 283 g/mol. The number of ether oxygens (including phenoxy) is 1. The second-order valence-corrected chi connectivity index (χ2v) is 4.94. The zero-order valence-electron chi connectivity index (χ0n) is 11.7. The molecule has 7 heteroatoms. The zero-order chi connectivity index (χ0) is 15.5. The van der Waals surface area contributed by atoms with E-state index in [1.54, 1.807) is 29.1 Å². The van der Waals surface area contributed by atoms with E-state index in [-0.39, 0.29) is 5.75 Å². The maximum Gasteiger partial charge on any atom is 0.573 e. The fourth-order valence-corrected chi connectivity index (χ4v) is 1.75. The molecule has 1 aromatic heterocycles. The average Bonchev–Trinajstić information content (AvgIpc) is 2.83. The minimum atomic E-state index is -4.68. The Bertz CT molecular complexity index is 576. The SMILES string of the molecule is CC(C)CNc1nccn1-c1ccc(OC(F)(F)F)cc1. The molecule has 1 aromatic carbocycles. The van der Waals surface area contributed by atoms with Gasteiger partial charge in [-0.3, -0.25) is 4.57 Å². The Labute approximate surface area is 120 Å². The van der Waals surface area contributed by atoms with Gasteiger partial charge < -0.3 is 10.1 Å². The largest absolute Gasteiger partial charge is 0.573 e. The molecule has 0 bridgehead atoms. The third kappa shape index (κ3) is 4.40. The van der Waals surface area contributed by atoms with E-state index in [4.69, 9.17) is 0 Å². The number of benzene rings is 1. The van der Waals surface area contributed by atoms with Gasteiger partial charge in [0.2, 0.25) is 5.95 Å². The lowest BCUT2D eigenvalue weighted by molar-refractivity contribution is -0.274. The van der Waals surface area contributed by atoms with Gasteiger partial charge in [-0.05, 0) is 30.2 Å². The first kappa shape index (κ1) is 15.2. The zero-order valence-corrected chi connectivity index (χ0v) is 11.7. The van der Waals surface area contributed by atoms with E-state index in [2.05, 4.69) is 28.9 Å². The molecule has 21 heavy (non-hydrogen) atoms. The lowest BCUT2D eigenvalue weighted by Crippen LogP contribution is -2.17. The molecule has 0 saturated heterocycles. The lowest BCUT2D eigenvalue weighted by Gasteiger charge is -2.12. The molecule has 0 aliphatic heterocycles. The minimum absolute atomic E-state index is 0.247. The first-order chi connectivity index (χ1) is 9.85. The van der Waals surface area contributed by atoms with Crippen LogP contribution in [-0.2, 0) is 0 Å². The summed E-state index contributed by atoms with van der Waals surface area (Å²) in [6, 6.07) is 5.64. The number of imidazole rings is 1. The second kappa shape index (κ2) is 6.07. The number of rotatable bonds is 5. The van der Waals surface area contributed by atoms with Gasteiger partial charge in [0.25, 0.3) is 0 Å². The van der Waals surface area contributed by atoms with E-state index in [0.717, 1.165) is 6.54 Å². The Morgan fingerprint density at radius 3 is 2.48 bits per heavy atom. The molecule has 0 amide bonds. The quantitative estimate of drug-likeness (QED) is 0.911. The van der Waals surface area contributed by atoms with Gasteiger partial charge in [-0.25, -0.2) is 4.98 Å². The summed E-state index contributed by atoms with van der Waals surface area (Å²) in [5.74, 6) is 0.856. The molecule has 0 atom stereocenters. The number of nitrogens with one attached hydrogen (secondary N) is 1. The van der Waals surface area contributed by atoms with Crippen molar-refractivity contribution in [3.05, 3.63) is 36.7 Å². The first-order valence-corrected chi connectivity index (χ1v) is 6.48.